The Hall–Kier alpha value is -2.91. The Morgan fingerprint density at radius 3 is 1.83 bits per heavy atom. The molecule has 26 atom stereocenters. The van der Waals surface area contributed by atoms with Crippen molar-refractivity contribution < 1.29 is 108 Å². The van der Waals surface area contributed by atoms with Gasteiger partial charge < -0.3 is 94.1 Å². The number of aliphatic carboxylic acids is 2. The quantitative estimate of drug-likeness (QED) is 0.104. The molecule has 0 radical (unpaired) electrons. The molecule has 9 rings (SSSR count). The van der Waals surface area contributed by atoms with Crippen LogP contribution in [-0.2, 0) is 52.3 Å². The van der Waals surface area contributed by atoms with E-state index < -0.39 is 128 Å². The predicted octanol–water partition coefficient (Wildman–Crippen LogP) is 1.93. The van der Waals surface area contributed by atoms with Gasteiger partial charge in [-0.15, -0.1) is 0 Å². The summed E-state index contributed by atoms with van der Waals surface area (Å²) in [6, 6.07) is 0. The molecule has 4 aliphatic heterocycles. The molecule has 22 nitrogen and oxygen atoms in total. The van der Waals surface area contributed by atoms with Gasteiger partial charge in [0.05, 0.1) is 31.3 Å². The fourth-order valence-corrected chi connectivity index (χ4v) is 16.3. The SMILES string of the molecule is CC1=C(O)C(=O)C[C@@H](O[C@@H]2CC(C)(C)C[C@@H]3C4=CC[C@@H]5[C@@]6(C)CC[C@H](O[C@H]7O[C@@H](C(=O)O)[C@H](O)[C@@H](O)[C@@H]7O[C@H]7O[C@@H](C(=O)O)[C@H](O)[C@@H](O)[C@@H]7O[C@H]7O[C@@H](C)[C@H](O)[C@@H](O)[C@@H]7O)[C@@](C)(CO)[C@@H]6CC[C@@]5(C)[C@]4(C)CC[C@@]32C)O1. The molecule has 430 valence electrons. The largest absolute Gasteiger partial charge is 0.502 e. The maximum absolute atomic E-state index is 12.7. The zero-order valence-corrected chi connectivity index (χ0v) is 44.9. The number of ketones is 1. The van der Waals surface area contributed by atoms with Crippen LogP contribution in [0.5, 0.6) is 0 Å². The first-order chi connectivity index (χ1) is 35.4. The number of fused-ring (bicyclic) bond motifs is 7. The summed E-state index contributed by atoms with van der Waals surface area (Å²) < 4.78 is 48.6. The Kier molecular flexibility index (Phi) is 15.4. The summed E-state index contributed by atoms with van der Waals surface area (Å²) in [4.78, 5) is 37.6. The second-order valence-corrected chi connectivity index (χ2v) is 25.8. The van der Waals surface area contributed by atoms with E-state index in [9.17, 15) is 70.6 Å². The smallest absolute Gasteiger partial charge is 0.335 e. The number of aliphatic hydroxyl groups excluding tert-OH is 9. The van der Waals surface area contributed by atoms with Crippen molar-refractivity contribution in [3.63, 3.8) is 0 Å². The van der Waals surface area contributed by atoms with Crippen molar-refractivity contribution >= 4 is 17.7 Å². The van der Waals surface area contributed by atoms with Gasteiger partial charge in [0, 0.05) is 10.8 Å². The van der Waals surface area contributed by atoms with Crippen LogP contribution in [0.25, 0.3) is 0 Å². The number of ether oxygens (including phenoxy) is 8. The lowest BCUT2D eigenvalue weighted by Gasteiger charge is -2.72. The molecule has 0 aromatic heterocycles. The highest BCUT2D eigenvalue weighted by Crippen LogP contribution is 2.76. The van der Waals surface area contributed by atoms with Gasteiger partial charge in [0.25, 0.3) is 0 Å². The molecular weight excluding hydrogens is 1000 g/mol. The normalized spacial score (nSPS) is 52.2. The van der Waals surface area contributed by atoms with Crippen molar-refractivity contribution in [2.24, 2.45) is 50.2 Å². The van der Waals surface area contributed by atoms with Crippen LogP contribution in [0.1, 0.15) is 127 Å². The summed E-state index contributed by atoms with van der Waals surface area (Å²) in [5.41, 5.74) is -0.723. The fourth-order valence-electron chi connectivity index (χ4n) is 16.3. The molecule has 4 heterocycles. The molecule has 11 N–H and O–H groups in total. The third-order valence-electron chi connectivity index (χ3n) is 21.0. The van der Waals surface area contributed by atoms with Crippen molar-refractivity contribution in [3.05, 3.63) is 23.2 Å². The number of carbonyl (C=O) groups is 3. The van der Waals surface area contributed by atoms with Crippen molar-refractivity contribution in [1.29, 1.82) is 0 Å². The van der Waals surface area contributed by atoms with Crippen LogP contribution < -0.4 is 0 Å². The number of aliphatic hydroxyl groups is 9. The Bertz CT molecular complexity index is 2290. The number of hydrogen-bond donors (Lipinski definition) is 11. The lowest BCUT2D eigenvalue weighted by molar-refractivity contribution is -0.393. The molecule has 76 heavy (non-hydrogen) atoms. The summed E-state index contributed by atoms with van der Waals surface area (Å²) in [6.45, 7) is 18.5. The average Bonchev–Trinajstić information content (AvgIpc) is 3.53. The van der Waals surface area contributed by atoms with Gasteiger partial charge in [0.15, 0.2) is 36.8 Å². The molecule has 9 aliphatic rings. The Morgan fingerprint density at radius 2 is 1.25 bits per heavy atom. The number of Topliss-reactive ketones (excluding diaryl/α,β-unsaturated/α-hetero) is 1. The van der Waals surface area contributed by atoms with Crippen LogP contribution in [0.15, 0.2) is 23.2 Å². The van der Waals surface area contributed by atoms with Gasteiger partial charge in [0.1, 0.15) is 60.7 Å². The van der Waals surface area contributed by atoms with E-state index in [1.165, 1.54) is 12.5 Å². The molecule has 4 saturated carbocycles. The monoisotopic (exact) mass is 1080 g/mol. The predicted molar refractivity (Wildman–Crippen MR) is 260 cm³/mol. The van der Waals surface area contributed by atoms with Gasteiger partial charge in [0.2, 0.25) is 12.1 Å². The summed E-state index contributed by atoms with van der Waals surface area (Å²) in [5, 5.41) is 119. The molecular formula is C54H82O22. The van der Waals surface area contributed by atoms with Gasteiger partial charge in [-0.05, 0) is 111 Å². The van der Waals surface area contributed by atoms with E-state index in [0.717, 1.165) is 38.5 Å². The molecule has 0 unspecified atom stereocenters. The number of allylic oxidation sites excluding steroid dienone is 4. The molecule has 0 bridgehead atoms. The van der Waals surface area contributed by atoms with Gasteiger partial charge >= 0.3 is 11.9 Å². The number of carboxylic acids is 2. The van der Waals surface area contributed by atoms with E-state index in [1.807, 2.05) is 6.92 Å². The molecule has 5 aliphatic carbocycles. The zero-order chi connectivity index (χ0) is 55.7. The number of hydrogen-bond acceptors (Lipinski definition) is 20. The molecule has 0 spiro atoms. The second-order valence-electron chi connectivity index (χ2n) is 25.8. The molecule has 3 saturated heterocycles. The zero-order valence-electron chi connectivity index (χ0n) is 44.9. The van der Waals surface area contributed by atoms with E-state index in [-0.39, 0.29) is 75.5 Å². The minimum absolute atomic E-state index is 0.0600. The third kappa shape index (κ3) is 9.18. The standard InChI is InChI=1S/C54H82O22/c1-22-32(57)26(56)18-31(69-22)71-30-20-49(3,4)19-25-24-10-11-28-51(6)14-13-29(52(7,21-55)27(51)12-15-54(28,9)53(24,8)17-16-50(25,30)5)72-47-42(37(62)35(60)40(73-47)44(65)66)76-48-43(38(63)36(61)41(74-48)45(67)68)75-46-39(64)34(59)33(58)23(2)70-46/h10,23,25,27-31,33-43,46-48,55,57-64H,11-21H2,1-9H3,(H,65,66)(H,67,68)/t23-,25+,27+,28+,29-,30+,31+,33-,34+,35+,36+,37+,38+,39-,40+,41+,42-,43-,46+,47-,48+,50-,51-,52-,53+,54+/m0/s1. The molecule has 22 heteroatoms. The molecule has 0 aromatic carbocycles. The first kappa shape index (κ1) is 57.8. The lowest BCUT2D eigenvalue weighted by Crippen LogP contribution is -2.68. The summed E-state index contributed by atoms with van der Waals surface area (Å²) >= 11 is 0. The number of carbonyl (C=O) groups excluding carboxylic acids is 1. The van der Waals surface area contributed by atoms with Crippen molar-refractivity contribution in [3.8, 4) is 0 Å². The average molecular weight is 1080 g/mol. The third-order valence-corrected chi connectivity index (χ3v) is 21.0. The van der Waals surface area contributed by atoms with E-state index in [4.69, 9.17) is 37.9 Å². The Morgan fingerprint density at radius 1 is 0.658 bits per heavy atom. The molecule has 0 aromatic rings. The van der Waals surface area contributed by atoms with Gasteiger partial charge in [-0.25, -0.2) is 9.59 Å². The van der Waals surface area contributed by atoms with Gasteiger partial charge in [-0.2, -0.15) is 0 Å². The van der Waals surface area contributed by atoms with Crippen LogP contribution in [0.2, 0.25) is 0 Å². The van der Waals surface area contributed by atoms with Crippen LogP contribution in [0, 0.1) is 50.2 Å². The highest BCUT2D eigenvalue weighted by atomic mass is 16.8. The van der Waals surface area contributed by atoms with Crippen LogP contribution in [0.4, 0.5) is 0 Å². The van der Waals surface area contributed by atoms with Crippen LogP contribution in [-0.4, -0.2) is 191 Å². The first-order valence-electron chi connectivity index (χ1n) is 27.1. The highest BCUT2D eigenvalue weighted by Gasteiger charge is 2.70. The lowest BCUT2D eigenvalue weighted by atomic mass is 9.33. The maximum atomic E-state index is 12.7. The number of rotatable bonds is 11. The summed E-state index contributed by atoms with van der Waals surface area (Å²) in [5.74, 6) is -3.85. The Balaban J connectivity index is 0.986. The molecule has 7 fully saturated rings. The number of carboxylic acid groups (broad SMARTS) is 2. The van der Waals surface area contributed by atoms with Gasteiger partial charge in [-0.1, -0.05) is 60.1 Å². The van der Waals surface area contributed by atoms with Gasteiger partial charge in [-0.3, -0.25) is 4.79 Å². The van der Waals surface area contributed by atoms with E-state index in [2.05, 4.69) is 47.6 Å². The first-order valence-corrected chi connectivity index (χ1v) is 27.1. The summed E-state index contributed by atoms with van der Waals surface area (Å²) in [7, 11) is 0. The van der Waals surface area contributed by atoms with E-state index in [0.29, 0.717) is 19.3 Å². The maximum Gasteiger partial charge on any atom is 0.335 e. The van der Waals surface area contributed by atoms with Crippen LogP contribution >= 0.6 is 0 Å². The fraction of sp³-hybridized carbons (Fsp3) is 0.870. The second kappa shape index (κ2) is 20.3. The minimum atomic E-state index is -2.18. The van der Waals surface area contributed by atoms with E-state index >= 15 is 0 Å². The van der Waals surface area contributed by atoms with E-state index in [1.54, 1.807) is 6.92 Å². The van der Waals surface area contributed by atoms with Crippen molar-refractivity contribution in [2.75, 3.05) is 6.61 Å². The Labute approximate surface area is 442 Å². The highest BCUT2D eigenvalue weighted by molar-refractivity contribution is 5.94. The summed E-state index contributed by atoms with van der Waals surface area (Å²) in [6.07, 6.45) is -21.8. The molecule has 0 amide bonds. The topological polar surface area (TPSA) is 348 Å². The van der Waals surface area contributed by atoms with Crippen molar-refractivity contribution in [1.82, 2.24) is 0 Å². The van der Waals surface area contributed by atoms with Crippen molar-refractivity contribution in [2.45, 2.75) is 237 Å². The minimum Gasteiger partial charge on any atom is -0.502 e. The van der Waals surface area contributed by atoms with Crippen LogP contribution in [0.3, 0.4) is 0 Å².